The molecule has 1 fully saturated rings. The van der Waals surface area contributed by atoms with Gasteiger partial charge in [0, 0.05) is 13.0 Å². The monoisotopic (exact) mass is 1030 g/mol. The fourth-order valence-corrected chi connectivity index (χ4v) is 7.80. The highest BCUT2D eigenvalue weighted by atomic mass is 32.3. The summed E-state index contributed by atoms with van der Waals surface area (Å²) in [5.41, 5.74) is 0. The van der Waals surface area contributed by atoms with Crippen LogP contribution in [0.4, 0.5) is 0 Å². The van der Waals surface area contributed by atoms with Crippen LogP contribution in [0.1, 0.15) is 168 Å². The molecule has 0 radical (unpaired) electrons. The number of aliphatic hydroxyl groups is 3. The number of carbonyl (C=O) groups is 1. The Morgan fingerprint density at radius 2 is 0.917 bits per heavy atom. The van der Waals surface area contributed by atoms with Crippen molar-refractivity contribution in [1.29, 1.82) is 0 Å². The number of ether oxygens (including phenoxy) is 4. The highest BCUT2D eigenvalue weighted by Crippen LogP contribution is 2.26. The molecule has 0 saturated carbocycles. The molecule has 1 rings (SSSR count). The van der Waals surface area contributed by atoms with Gasteiger partial charge < -0.3 is 34.3 Å². The Hall–Kier alpha value is -3.76. The van der Waals surface area contributed by atoms with Crippen LogP contribution < -0.4 is 0 Å². The third-order valence-corrected chi connectivity index (χ3v) is 11.7. The SMILES string of the molecule is CC/C=C\C/C=C\C/C=C\C/C=C\C/C=C\C/C=C\C/C=C\CCCCCCOCC(COC1OC(CO)C(O)C(OS(=O)(=O)O)C1O)OC(=O)CCCCCCCC/C=C\C/C=C\C/C=C\C/C=C\CC. The lowest BCUT2D eigenvalue weighted by Crippen LogP contribution is -2.60. The van der Waals surface area contributed by atoms with E-state index in [2.05, 4.69) is 152 Å². The summed E-state index contributed by atoms with van der Waals surface area (Å²) in [4.78, 5) is 12.9. The van der Waals surface area contributed by atoms with Gasteiger partial charge in [0.1, 0.15) is 30.5 Å². The van der Waals surface area contributed by atoms with Crippen LogP contribution in [0.15, 0.2) is 134 Å². The van der Waals surface area contributed by atoms with Crippen molar-refractivity contribution in [2.24, 2.45) is 0 Å². The molecule has 6 atom stereocenters. The van der Waals surface area contributed by atoms with Crippen molar-refractivity contribution in [3.8, 4) is 0 Å². The van der Waals surface area contributed by atoms with E-state index in [1.165, 1.54) is 0 Å². The van der Waals surface area contributed by atoms with E-state index in [-0.39, 0.29) is 19.6 Å². The zero-order valence-corrected chi connectivity index (χ0v) is 44.7. The molecule has 0 aromatic heterocycles. The average Bonchev–Trinajstić information content (AvgIpc) is 3.36. The highest BCUT2D eigenvalue weighted by molar-refractivity contribution is 7.80. The lowest BCUT2D eigenvalue weighted by atomic mass is 9.99. The van der Waals surface area contributed by atoms with Crippen molar-refractivity contribution in [2.75, 3.05) is 26.4 Å². The second-order valence-electron chi connectivity index (χ2n) is 17.7. The van der Waals surface area contributed by atoms with E-state index in [0.717, 1.165) is 141 Å². The summed E-state index contributed by atoms with van der Waals surface area (Å²) in [5.74, 6) is -0.429. The third-order valence-electron chi connectivity index (χ3n) is 11.3. The van der Waals surface area contributed by atoms with Gasteiger partial charge in [-0.2, -0.15) is 8.42 Å². The zero-order valence-electron chi connectivity index (χ0n) is 43.9. The minimum Gasteiger partial charge on any atom is -0.457 e. The number of hydrogen-bond acceptors (Lipinski definition) is 11. The van der Waals surface area contributed by atoms with Crippen LogP contribution in [0.3, 0.4) is 0 Å². The normalized spacial score (nSPS) is 20.0. The van der Waals surface area contributed by atoms with E-state index in [1.807, 2.05) is 0 Å². The summed E-state index contributed by atoms with van der Waals surface area (Å²) in [6, 6.07) is 0. The first-order chi connectivity index (χ1) is 35.1. The second-order valence-corrected chi connectivity index (χ2v) is 18.7. The fourth-order valence-electron chi connectivity index (χ4n) is 7.29. The highest BCUT2D eigenvalue weighted by Gasteiger charge is 2.48. The van der Waals surface area contributed by atoms with Gasteiger partial charge in [-0.15, -0.1) is 0 Å². The van der Waals surface area contributed by atoms with Crippen molar-refractivity contribution in [2.45, 2.75) is 205 Å². The quantitative estimate of drug-likeness (QED) is 0.0197. The van der Waals surface area contributed by atoms with Gasteiger partial charge in [-0.05, 0) is 109 Å². The summed E-state index contributed by atoms with van der Waals surface area (Å²) < 4.78 is 59.3. The van der Waals surface area contributed by atoms with Crippen molar-refractivity contribution in [3.63, 3.8) is 0 Å². The number of rotatable bonds is 45. The number of allylic oxidation sites excluding steroid dienone is 22. The van der Waals surface area contributed by atoms with Gasteiger partial charge in [0.25, 0.3) is 0 Å². The molecule has 72 heavy (non-hydrogen) atoms. The Morgan fingerprint density at radius 3 is 1.33 bits per heavy atom. The Balaban J connectivity index is 2.39. The van der Waals surface area contributed by atoms with Crippen LogP contribution in [0, 0.1) is 0 Å². The van der Waals surface area contributed by atoms with E-state index < -0.39 is 59.8 Å². The molecule has 13 heteroatoms. The molecule has 0 bridgehead atoms. The van der Waals surface area contributed by atoms with Gasteiger partial charge in [0.05, 0.1) is 19.8 Å². The maximum Gasteiger partial charge on any atom is 0.397 e. The van der Waals surface area contributed by atoms with E-state index in [1.54, 1.807) is 0 Å². The van der Waals surface area contributed by atoms with Gasteiger partial charge in [-0.1, -0.05) is 186 Å². The molecule has 1 aliphatic rings. The van der Waals surface area contributed by atoms with Crippen LogP contribution >= 0.6 is 0 Å². The Morgan fingerprint density at radius 1 is 0.528 bits per heavy atom. The van der Waals surface area contributed by atoms with Crippen molar-refractivity contribution >= 4 is 16.4 Å². The van der Waals surface area contributed by atoms with Crippen LogP contribution in [-0.2, 0) is 38.3 Å². The Labute approximate surface area is 435 Å². The fraction of sp³-hybridized carbons (Fsp3) is 0.610. The predicted octanol–water partition coefficient (Wildman–Crippen LogP) is 13.1. The first kappa shape index (κ1) is 66.3. The lowest BCUT2D eigenvalue weighted by Gasteiger charge is -2.41. The van der Waals surface area contributed by atoms with Crippen molar-refractivity contribution in [1.82, 2.24) is 0 Å². The maximum atomic E-state index is 12.9. The van der Waals surface area contributed by atoms with Crippen molar-refractivity contribution < 1.29 is 56.2 Å². The summed E-state index contributed by atoms with van der Waals surface area (Å²) >= 11 is 0. The zero-order chi connectivity index (χ0) is 52.4. The Bertz CT molecular complexity index is 1760. The minimum atomic E-state index is -5.08. The molecule has 0 aliphatic carbocycles. The molecule has 4 N–H and O–H groups in total. The third kappa shape index (κ3) is 40.7. The topological polar surface area (TPSA) is 178 Å². The van der Waals surface area contributed by atoms with E-state index in [9.17, 15) is 33.1 Å². The molecule has 1 aliphatic heterocycles. The molecule has 12 nitrogen and oxygen atoms in total. The predicted molar refractivity (Wildman–Crippen MR) is 294 cm³/mol. The average molecular weight is 1030 g/mol. The standard InChI is InChI=1S/C59H94O12S/c1-3-5-7-9-11-13-15-17-19-21-23-24-25-26-27-28-29-31-33-35-37-39-41-43-45-47-49-67-51-53(52-68-59-57(63)58(71-72(64,65)66)56(62)54(50-60)70-59)69-55(61)48-46-44-42-40-38-36-34-32-30-22-20-18-16-14-12-10-8-6-4-2/h5-8,11-14,17-20,23-24,26-27,29-32,35,37,53-54,56-60,62-63H,3-4,9-10,15-16,21-22,25,28,33-34,36,38-52H2,1-2H3,(H,64,65,66)/b7-5-,8-6-,13-11-,14-12-,19-17-,20-18-,24-23-,27-26-,31-29-,32-30-,37-35-. The van der Waals surface area contributed by atoms with Crippen molar-refractivity contribution in [3.05, 3.63) is 134 Å². The molecule has 0 aromatic carbocycles. The van der Waals surface area contributed by atoms with Crippen LogP contribution in [0.2, 0.25) is 0 Å². The number of hydrogen-bond donors (Lipinski definition) is 4. The molecule has 0 spiro atoms. The molecule has 1 heterocycles. The maximum absolute atomic E-state index is 12.9. The first-order valence-electron chi connectivity index (χ1n) is 26.9. The van der Waals surface area contributed by atoms with Gasteiger partial charge in [0.2, 0.25) is 0 Å². The smallest absolute Gasteiger partial charge is 0.397 e. The summed E-state index contributed by atoms with van der Waals surface area (Å²) in [6.45, 7) is 3.66. The molecule has 0 amide bonds. The van der Waals surface area contributed by atoms with E-state index in [0.29, 0.717) is 13.0 Å². The summed E-state index contributed by atoms with van der Waals surface area (Å²) in [6.07, 6.45) is 61.9. The minimum absolute atomic E-state index is 0.00215. The lowest BCUT2D eigenvalue weighted by molar-refractivity contribution is -0.301. The Kier molecular flexibility index (Phi) is 44.4. The number of esters is 1. The number of unbranched alkanes of at least 4 members (excludes halogenated alkanes) is 10. The van der Waals surface area contributed by atoms with Gasteiger partial charge >= 0.3 is 16.4 Å². The molecule has 6 unspecified atom stereocenters. The summed E-state index contributed by atoms with van der Waals surface area (Å²) in [7, 11) is -5.08. The first-order valence-corrected chi connectivity index (χ1v) is 28.3. The molecule has 408 valence electrons. The molecule has 0 aromatic rings. The van der Waals surface area contributed by atoms with Gasteiger partial charge in [-0.3, -0.25) is 9.35 Å². The largest absolute Gasteiger partial charge is 0.457 e. The molecular formula is C59H94O12S. The summed E-state index contributed by atoms with van der Waals surface area (Å²) in [5, 5.41) is 30.8. The van der Waals surface area contributed by atoms with E-state index in [4.69, 9.17) is 18.9 Å². The van der Waals surface area contributed by atoms with Crippen LogP contribution in [0.5, 0.6) is 0 Å². The van der Waals surface area contributed by atoms with E-state index >= 15 is 0 Å². The molecular weight excluding hydrogens is 933 g/mol. The second kappa shape index (κ2) is 48.2. The van der Waals surface area contributed by atoms with Crippen LogP contribution in [0.25, 0.3) is 0 Å². The number of aliphatic hydroxyl groups excluding tert-OH is 3. The number of carbonyl (C=O) groups excluding carboxylic acids is 1. The van der Waals surface area contributed by atoms with Gasteiger partial charge in [-0.25, -0.2) is 4.18 Å². The van der Waals surface area contributed by atoms with Gasteiger partial charge in [0.15, 0.2) is 6.29 Å². The molecule has 1 saturated heterocycles. The van der Waals surface area contributed by atoms with Crippen LogP contribution in [-0.4, -0.2) is 97.5 Å².